The highest BCUT2D eigenvalue weighted by molar-refractivity contribution is 8.09. The molecule has 3 aromatic carbocycles. The van der Waals surface area contributed by atoms with Gasteiger partial charge in [-0.05, 0) is 22.8 Å². The van der Waals surface area contributed by atoms with E-state index in [0.717, 1.165) is 47.4 Å². The predicted molar refractivity (Wildman–Crippen MR) is 121 cm³/mol. The summed E-state index contributed by atoms with van der Waals surface area (Å²) in [6.07, 6.45) is 1.45. The molecule has 9 nitrogen and oxygen atoms in total. The normalized spacial score (nSPS) is 11.7. The van der Waals surface area contributed by atoms with Gasteiger partial charge in [0.25, 0.3) is 5.69 Å². The van der Waals surface area contributed by atoms with E-state index < -0.39 is 25.0 Å². The van der Waals surface area contributed by atoms with E-state index in [1.807, 2.05) is 42.5 Å². The summed E-state index contributed by atoms with van der Waals surface area (Å²) >= 11 is 0. The lowest BCUT2D eigenvalue weighted by molar-refractivity contribution is -0.384. The number of nitro benzene ring substituents is 1. The van der Waals surface area contributed by atoms with Gasteiger partial charge in [0.15, 0.2) is 5.75 Å². The number of benzene rings is 3. The molecule has 0 heterocycles. The first-order valence-corrected chi connectivity index (χ1v) is 12.9. The lowest BCUT2D eigenvalue weighted by Gasteiger charge is -2.22. The van der Waals surface area contributed by atoms with Crippen LogP contribution in [0.3, 0.4) is 0 Å². The summed E-state index contributed by atoms with van der Waals surface area (Å²) in [6, 6.07) is 19.8. The van der Waals surface area contributed by atoms with Crippen LogP contribution in [0.15, 0.2) is 72.8 Å². The molecule has 0 bridgehead atoms. The highest BCUT2D eigenvalue weighted by Crippen LogP contribution is 2.36. The van der Waals surface area contributed by atoms with E-state index in [9.17, 15) is 26.9 Å². The van der Waals surface area contributed by atoms with Crippen LogP contribution in [-0.4, -0.2) is 34.3 Å². The van der Waals surface area contributed by atoms with Crippen molar-refractivity contribution in [1.29, 1.82) is 0 Å². The second-order valence-corrected chi connectivity index (χ2v) is 10.8. The van der Waals surface area contributed by atoms with E-state index in [1.165, 1.54) is 0 Å². The van der Waals surface area contributed by atoms with Crippen LogP contribution in [0.25, 0.3) is 11.1 Å². The van der Waals surface area contributed by atoms with Gasteiger partial charge in [0, 0.05) is 6.07 Å². The minimum atomic E-state index is -4.27. The number of rotatable bonds is 8. The molecule has 0 amide bonds. The third-order valence-electron chi connectivity index (χ3n) is 4.44. The van der Waals surface area contributed by atoms with Crippen LogP contribution in [0.5, 0.6) is 5.75 Å². The average Bonchev–Trinajstić information content (AvgIpc) is 2.71. The Bertz CT molecular complexity index is 1320. The molecule has 32 heavy (non-hydrogen) atoms. The van der Waals surface area contributed by atoms with Crippen LogP contribution >= 0.6 is 0 Å². The van der Waals surface area contributed by atoms with Crippen LogP contribution in [0, 0.1) is 10.1 Å². The molecule has 0 aromatic heterocycles. The van der Waals surface area contributed by atoms with Crippen molar-refractivity contribution in [3.63, 3.8) is 0 Å². The number of anilines is 1. The zero-order valence-electron chi connectivity index (χ0n) is 17.2. The Balaban J connectivity index is 2.07. The molecule has 0 radical (unpaired) electrons. The molecule has 11 heteroatoms. The van der Waals surface area contributed by atoms with Crippen molar-refractivity contribution in [2.24, 2.45) is 0 Å². The summed E-state index contributed by atoms with van der Waals surface area (Å²) < 4.78 is 54.9. The number of nitrogens with zero attached hydrogens (tertiary/aromatic N) is 2. The van der Waals surface area contributed by atoms with E-state index in [1.54, 1.807) is 12.1 Å². The maximum atomic E-state index is 12.2. The molecule has 0 aliphatic rings. The number of sulfonamides is 2. The van der Waals surface area contributed by atoms with Crippen molar-refractivity contribution in [3.8, 4) is 16.9 Å². The number of hydrogen-bond acceptors (Lipinski definition) is 7. The third-order valence-corrected chi connectivity index (χ3v) is 7.66. The molecule has 0 aliphatic carbocycles. The molecule has 3 rings (SSSR count). The number of non-ortho nitro benzene ring substituents is 1. The van der Waals surface area contributed by atoms with Gasteiger partial charge in [-0.1, -0.05) is 54.6 Å². The maximum absolute atomic E-state index is 12.2. The molecule has 0 atom stereocenters. The lowest BCUT2D eigenvalue weighted by atomic mass is 10.0. The van der Waals surface area contributed by atoms with Gasteiger partial charge in [-0.15, -0.1) is 0 Å². The minimum Gasteiger partial charge on any atom is -0.486 e. The van der Waals surface area contributed by atoms with E-state index >= 15 is 0 Å². The van der Waals surface area contributed by atoms with Gasteiger partial charge in [0.1, 0.15) is 12.3 Å². The van der Waals surface area contributed by atoms with Crippen molar-refractivity contribution < 1.29 is 26.5 Å². The largest absolute Gasteiger partial charge is 0.486 e. The summed E-state index contributed by atoms with van der Waals surface area (Å²) in [4.78, 5) is 10.6. The zero-order chi connectivity index (χ0) is 23.5. The first kappa shape index (κ1) is 23.2. The van der Waals surface area contributed by atoms with Crippen molar-refractivity contribution in [2.75, 3.05) is 16.2 Å². The fourth-order valence-electron chi connectivity index (χ4n) is 3.19. The van der Waals surface area contributed by atoms with Gasteiger partial charge in [0.05, 0.1) is 23.5 Å². The van der Waals surface area contributed by atoms with Gasteiger partial charge < -0.3 is 4.74 Å². The third kappa shape index (κ3) is 5.24. The number of ether oxygens (including phenoxy) is 1. The molecule has 0 fully saturated rings. The summed E-state index contributed by atoms with van der Waals surface area (Å²) in [5, 5.41) is 11.2. The molecule has 0 saturated carbocycles. The molecular formula is C21H20N2O7S2. The van der Waals surface area contributed by atoms with Crippen LogP contribution in [-0.2, 0) is 26.7 Å². The fraction of sp³-hybridized carbons (Fsp3) is 0.143. The van der Waals surface area contributed by atoms with E-state index in [-0.39, 0.29) is 27.4 Å². The molecule has 0 unspecified atom stereocenters. The van der Waals surface area contributed by atoms with Crippen LogP contribution in [0.4, 0.5) is 11.4 Å². The number of hydrogen-bond donors (Lipinski definition) is 0. The lowest BCUT2D eigenvalue weighted by Crippen LogP contribution is -2.35. The van der Waals surface area contributed by atoms with E-state index in [4.69, 9.17) is 4.74 Å². The quantitative estimate of drug-likeness (QED) is 0.360. The zero-order valence-corrected chi connectivity index (χ0v) is 18.8. The van der Waals surface area contributed by atoms with E-state index in [2.05, 4.69) is 0 Å². The Kier molecular flexibility index (Phi) is 6.51. The smallest absolute Gasteiger partial charge is 0.273 e. The van der Waals surface area contributed by atoms with Gasteiger partial charge in [-0.3, -0.25) is 10.1 Å². The van der Waals surface area contributed by atoms with Gasteiger partial charge >= 0.3 is 0 Å². The van der Waals surface area contributed by atoms with Crippen LogP contribution in [0.1, 0.15) is 5.56 Å². The van der Waals surface area contributed by atoms with Crippen molar-refractivity contribution in [3.05, 3.63) is 88.5 Å². The molecule has 0 aliphatic heterocycles. The summed E-state index contributed by atoms with van der Waals surface area (Å²) in [6.45, 7) is -0.0827. The second kappa shape index (κ2) is 8.97. The molecule has 0 N–H and O–H groups in total. The topological polar surface area (TPSA) is 124 Å². The van der Waals surface area contributed by atoms with Crippen LogP contribution < -0.4 is 8.45 Å². The van der Waals surface area contributed by atoms with E-state index in [0.29, 0.717) is 0 Å². The molecule has 3 aromatic rings. The minimum absolute atomic E-state index is 0.0827. The van der Waals surface area contributed by atoms with Crippen molar-refractivity contribution in [1.82, 2.24) is 0 Å². The van der Waals surface area contributed by atoms with Gasteiger partial charge in [-0.2, -0.15) is 3.71 Å². The first-order chi connectivity index (χ1) is 15.0. The van der Waals surface area contributed by atoms with Crippen molar-refractivity contribution in [2.45, 2.75) is 6.61 Å². The van der Waals surface area contributed by atoms with Crippen LogP contribution in [0.2, 0.25) is 0 Å². The molecule has 0 spiro atoms. The van der Waals surface area contributed by atoms with Crippen molar-refractivity contribution >= 4 is 31.4 Å². The highest BCUT2D eigenvalue weighted by atomic mass is 32.3. The summed E-state index contributed by atoms with van der Waals surface area (Å²) in [7, 11) is -8.54. The second-order valence-electron chi connectivity index (χ2n) is 6.94. The molecule has 0 saturated heterocycles. The fourth-order valence-corrected chi connectivity index (χ4v) is 6.17. The predicted octanol–water partition coefficient (Wildman–Crippen LogP) is 3.57. The summed E-state index contributed by atoms with van der Waals surface area (Å²) in [5.41, 5.74) is 1.78. The Morgan fingerprint density at radius 1 is 0.875 bits per heavy atom. The SMILES string of the molecule is CS(=O)(=O)N(c1ccc([N+](=O)[O-])cc1OCc1ccccc1-c1ccccc1)S(C)(=O)=O. The Hall–Kier alpha value is -3.44. The summed E-state index contributed by atoms with van der Waals surface area (Å²) in [5.74, 6) is -0.252. The molecular weight excluding hydrogens is 456 g/mol. The first-order valence-electron chi connectivity index (χ1n) is 9.23. The Morgan fingerprint density at radius 3 is 2.06 bits per heavy atom. The molecule has 168 valence electrons. The highest BCUT2D eigenvalue weighted by Gasteiger charge is 2.31. The maximum Gasteiger partial charge on any atom is 0.273 e. The average molecular weight is 477 g/mol. The Labute approximate surface area is 186 Å². The Morgan fingerprint density at radius 2 is 1.47 bits per heavy atom. The van der Waals surface area contributed by atoms with Gasteiger partial charge in [0.2, 0.25) is 20.0 Å². The monoisotopic (exact) mass is 476 g/mol. The standard InChI is InChI=1S/C21H20N2O7S2/c1-31(26,27)23(32(2,28)29)20-13-12-18(22(24)25)14-21(20)30-15-17-10-6-7-11-19(17)16-8-4-3-5-9-16/h3-14H,15H2,1-2H3. The van der Waals surface area contributed by atoms with Gasteiger partial charge in [-0.25, -0.2) is 16.8 Å². The number of nitro groups is 1.